The van der Waals surface area contributed by atoms with Gasteiger partial charge in [0, 0.05) is 12.0 Å². The molecule has 0 bridgehead atoms. The Labute approximate surface area is 234 Å². The molecule has 0 aliphatic rings. The molecule has 0 saturated carbocycles. The molecular formula is C31H34ClN3O4. The molecule has 7 nitrogen and oxygen atoms in total. The molecule has 8 heteroatoms. The van der Waals surface area contributed by atoms with E-state index in [-0.39, 0.29) is 5.69 Å². The highest BCUT2D eigenvalue weighted by Crippen LogP contribution is 2.29. The van der Waals surface area contributed by atoms with Crippen molar-refractivity contribution in [1.29, 1.82) is 0 Å². The lowest BCUT2D eigenvalue weighted by Gasteiger charge is -2.20. The number of para-hydroxylation sites is 1. The molecule has 1 aromatic heterocycles. The van der Waals surface area contributed by atoms with Crippen LogP contribution in [0.1, 0.15) is 61.7 Å². The number of methoxy groups -OCH3 is 1. The molecule has 0 aliphatic carbocycles. The minimum absolute atomic E-state index is 0.235. The summed E-state index contributed by atoms with van der Waals surface area (Å²) in [4.78, 5) is 26.1. The smallest absolute Gasteiger partial charge is 0.351 e. The first-order chi connectivity index (χ1) is 19.0. The van der Waals surface area contributed by atoms with Gasteiger partial charge < -0.3 is 9.47 Å². The second-order valence-electron chi connectivity index (χ2n) is 9.38. The van der Waals surface area contributed by atoms with E-state index in [2.05, 4.69) is 18.9 Å². The highest BCUT2D eigenvalue weighted by molar-refractivity contribution is 6.32. The van der Waals surface area contributed by atoms with Crippen molar-refractivity contribution in [2.45, 2.75) is 58.6 Å². The highest BCUT2D eigenvalue weighted by atomic mass is 35.5. The Hall–Kier alpha value is -3.84. The quantitative estimate of drug-likeness (QED) is 0.194. The molecule has 4 rings (SSSR count). The summed E-state index contributed by atoms with van der Waals surface area (Å²) in [6.45, 7) is 4.56. The van der Waals surface area contributed by atoms with Crippen molar-refractivity contribution in [3.8, 4) is 11.4 Å². The summed E-state index contributed by atoms with van der Waals surface area (Å²) in [5.41, 5.74) is 2.95. The molecule has 0 fully saturated rings. The number of hydrogen-bond acceptors (Lipinski definition) is 5. The normalized spacial score (nSPS) is 11.8. The number of unbranched alkanes of at least 4 members (excludes halogenated alkanes) is 1. The fraction of sp³-hybridized carbons (Fsp3) is 0.323. The van der Waals surface area contributed by atoms with Crippen molar-refractivity contribution in [3.05, 3.63) is 111 Å². The molecule has 1 atom stereocenters. The van der Waals surface area contributed by atoms with Gasteiger partial charge in [-0.25, -0.2) is 9.59 Å². The van der Waals surface area contributed by atoms with Gasteiger partial charge in [0.15, 0.2) is 0 Å². The van der Waals surface area contributed by atoms with Crippen LogP contribution in [0, 0.1) is 0 Å². The summed E-state index contributed by atoms with van der Waals surface area (Å²) >= 11 is 6.39. The Balaban J connectivity index is 1.69. The number of rotatable bonds is 12. The van der Waals surface area contributed by atoms with Crippen molar-refractivity contribution in [3.63, 3.8) is 0 Å². The molecule has 0 amide bonds. The predicted octanol–water partition coefficient (Wildman–Crippen LogP) is 6.32. The Kier molecular flexibility index (Phi) is 9.60. The fourth-order valence-corrected chi connectivity index (χ4v) is 4.72. The summed E-state index contributed by atoms with van der Waals surface area (Å²) in [5.74, 6) is 0.867. The third kappa shape index (κ3) is 6.60. The van der Waals surface area contributed by atoms with Gasteiger partial charge in [-0.2, -0.15) is 4.68 Å². The summed E-state index contributed by atoms with van der Waals surface area (Å²) in [5, 5.41) is 5.13. The standard InChI is InChI=1S/C31H34ClN3O4/c1-4-6-17-28-33-35(26-16-11-10-15-25(26)32)31(37)34(28)21-22-18-19-27(24(20-22)12-5-2)39-29(30(36)38-3)23-13-8-7-9-14-23/h7-11,13-16,18-20,29H,4-6,12,17,21H2,1-3H3. The van der Waals surface area contributed by atoms with E-state index in [1.54, 1.807) is 16.7 Å². The number of carbonyl (C=O) groups excluding carboxylic acids is 1. The van der Waals surface area contributed by atoms with Gasteiger partial charge in [0.25, 0.3) is 0 Å². The average Bonchev–Trinajstić information content (AvgIpc) is 3.26. The van der Waals surface area contributed by atoms with Gasteiger partial charge in [0.05, 0.1) is 24.4 Å². The number of carbonyl (C=O) groups is 1. The first-order valence-corrected chi connectivity index (χ1v) is 13.7. The first-order valence-electron chi connectivity index (χ1n) is 13.3. The van der Waals surface area contributed by atoms with Gasteiger partial charge >= 0.3 is 11.7 Å². The second-order valence-corrected chi connectivity index (χ2v) is 9.78. The predicted molar refractivity (Wildman–Crippen MR) is 153 cm³/mol. The summed E-state index contributed by atoms with van der Waals surface area (Å²) in [6.07, 6.45) is 3.35. The number of nitrogens with zero attached hydrogens (tertiary/aromatic N) is 3. The van der Waals surface area contributed by atoms with Crippen molar-refractivity contribution >= 4 is 17.6 Å². The van der Waals surface area contributed by atoms with Gasteiger partial charge in [-0.1, -0.05) is 92.9 Å². The van der Waals surface area contributed by atoms with E-state index >= 15 is 0 Å². The van der Waals surface area contributed by atoms with Crippen LogP contribution in [0.15, 0.2) is 77.6 Å². The lowest BCUT2D eigenvalue weighted by Crippen LogP contribution is -2.25. The average molecular weight is 548 g/mol. The number of hydrogen-bond donors (Lipinski definition) is 0. The minimum atomic E-state index is -0.880. The molecular weight excluding hydrogens is 514 g/mol. The third-order valence-corrected chi connectivity index (χ3v) is 6.84. The van der Waals surface area contributed by atoms with Gasteiger partial charge in [-0.05, 0) is 42.2 Å². The number of aromatic nitrogens is 3. The highest BCUT2D eigenvalue weighted by Gasteiger charge is 2.25. The minimum Gasteiger partial charge on any atom is -0.474 e. The van der Waals surface area contributed by atoms with Gasteiger partial charge in [0.2, 0.25) is 6.10 Å². The molecule has 1 heterocycles. The molecule has 0 N–H and O–H groups in total. The fourth-order valence-electron chi connectivity index (χ4n) is 4.50. The van der Waals surface area contributed by atoms with Gasteiger partial charge in [-0.15, -0.1) is 5.10 Å². The van der Waals surface area contributed by atoms with Crippen LogP contribution in [-0.2, 0) is 28.9 Å². The van der Waals surface area contributed by atoms with Crippen LogP contribution in [-0.4, -0.2) is 27.4 Å². The first kappa shape index (κ1) is 28.2. The molecule has 0 radical (unpaired) electrons. The van der Waals surface area contributed by atoms with Crippen LogP contribution in [0.5, 0.6) is 5.75 Å². The molecule has 1 unspecified atom stereocenters. The van der Waals surface area contributed by atoms with E-state index in [9.17, 15) is 9.59 Å². The largest absolute Gasteiger partial charge is 0.474 e. The number of ether oxygens (including phenoxy) is 2. The second kappa shape index (κ2) is 13.3. The maximum Gasteiger partial charge on any atom is 0.351 e. The Morgan fingerprint density at radius 1 is 0.974 bits per heavy atom. The maximum absolute atomic E-state index is 13.5. The summed E-state index contributed by atoms with van der Waals surface area (Å²) < 4.78 is 14.4. The summed E-state index contributed by atoms with van der Waals surface area (Å²) in [7, 11) is 1.36. The third-order valence-electron chi connectivity index (χ3n) is 6.52. The van der Waals surface area contributed by atoms with E-state index in [4.69, 9.17) is 21.1 Å². The molecule has 39 heavy (non-hydrogen) atoms. The Morgan fingerprint density at radius 3 is 2.41 bits per heavy atom. The van der Waals surface area contributed by atoms with Crippen LogP contribution < -0.4 is 10.4 Å². The van der Waals surface area contributed by atoms with Crippen LogP contribution in [0.2, 0.25) is 5.02 Å². The maximum atomic E-state index is 13.5. The van der Waals surface area contributed by atoms with Crippen LogP contribution >= 0.6 is 11.6 Å². The molecule has 0 aliphatic heterocycles. The Morgan fingerprint density at radius 2 is 1.72 bits per heavy atom. The molecule has 4 aromatic rings. The molecule has 204 valence electrons. The topological polar surface area (TPSA) is 75.4 Å². The number of aryl methyl sites for hydroxylation is 2. The number of esters is 1. The van der Waals surface area contributed by atoms with Crippen molar-refractivity contribution in [1.82, 2.24) is 14.3 Å². The zero-order valence-electron chi connectivity index (χ0n) is 22.6. The van der Waals surface area contributed by atoms with Crippen LogP contribution in [0.4, 0.5) is 0 Å². The van der Waals surface area contributed by atoms with E-state index in [0.717, 1.165) is 42.4 Å². The van der Waals surface area contributed by atoms with Crippen LogP contribution in [0.3, 0.4) is 0 Å². The lowest BCUT2D eigenvalue weighted by atomic mass is 10.0. The van der Waals surface area contributed by atoms with Crippen LogP contribution in [0.25, 0.3) is 5.69 Å². The SMILES string of the molecule is CCCCc1nn(-c2ccccc2Cl)c(=O)n1Cc1ccc(OC(C(=O)OC)c2ccccc2)c(CCC)c1. The van der Waals surface area contributed by atoms with E-state index in [1.807, 2.05) is 60.7 Å². The molecule has 3 aromatic carbocycles. The van der Waals surface area contributed by atoms with E-state index in [1.165, 1.54) is 11.8 Å². The monoisotopic (exact) mass is 547 g/mol. The lowest BCUT2D eigenvalue weighted by molar-refractivity contribution is -0.149. The van der Waals surface area contributed by atoms with Gasteiger partial charge in [-0.3, -0.25) is 4.57 Å². The number of halogens is 1. The Bertz CT molecular complexity index is 1460. The number of benzene rings is 3. The van der Waals surface area contributed by atoms with E-state index < -0.39 is 12.1 Å². The van der Waals surface area contributed by atoms with Gasteiger partial charge in [0.1, 0.15) is 11.6 Å². The van der Waals surface area contributed by atoms with Crippen molar-refractivity contribution in [2.24, 2.45) is 0 Å². The zero-order valence-corrected chi connectivity index (χ0v) is 23.4. The molecule has 0 saturated heterocycles. The molecule has 0 spiro atoms. The van der Waals surface area contributed by atoms with E-state index in [0.29, 0.717) is 35.2 Å². The zero-order chi connectivity index (χ0) is 27.8. The van der Waals surface area contributed by atoms with Crippen molar-refractivity contribution < 1.29 is 14.3 Å². The van der Waals surface area contributed by atoms with Crippen molar-refractivity contribution in [2.75, 3.05) is 7.11 Å². The summed E-state index contributed by atoms with van der Waals surface area (Å²) in [6, 6.07) is 22.3.